The fraction of sp³-hybridized carbons (Fsp3) is 0.550. The minimum absolute atomic E-state index is 0.211. The van der Waals surface area contributed by atoms with Gasteiger partial charge in [-0.05, 0) is 56.5 Å². The van der Waals surface area contributed by atoms with Crippen LogP contribution in [0.2, 0.25) is 0 Å². The van der Waals surface area contributed by atoms with Gasteiger partial charge in [0.15, 0.2) is 5.96 Å². The van der Waals surface area contributed by atoms with Crippen molar-refractivity contribution in [2.45, 2.75) is 38.6 Å². The van der Waals surface area contributed by atoms with Crippen molar-refractivity contribution in [3.05, 3.63) is 35.8 Å². The molecule has 1 aromatic heterocycles. The van der Waals surface area contributed by atoms with Gasteiger partial charge in [0.1, 0.15) is 5.82 Å². The average molecular weight is 359 g/mol. The molecule has 1 atom stereocenters. The molecule has 0 radical (unpaired) electrons. The van der Waals surface area contributed by atoms with E-state index in [1.54, 1.807) is 7.05 Å². The van der Waals surface area contributed by atoms with Crippen LogP contribution < -0.4 is 10.6 Å². The van der Waals surface area contributed by atoms with Crippen molar-refractivity contribution in [1.29, 1.82) is 0 Å². The van der Waals surface area contributed by atoms with Gasteiger partial charge in [0.05, 0.1) is 0 Å². The van der Waals surface area contributed by atoms with Gasteiger partial charge in [-0.2, -0.15) is 0 Å². The predicted octanol–water partition coefficient (Wildman–Crippen LogP) is 2.89. The Hall–Kier alpha value is -2.08. The summed E-state index contributed by atoms with van der Waals surface area (Å²) < 4.78 is 13.3. The molecular weight excluding hydrogens is 329 g/mol. The molecule has 1 aromatic carbocycles. The molecule has 0 bridgehead atoms. The van der Waals surface area contributed by atoms with Gasteiger partial charge in [-0.3, -0.25) is 9.89 Å². The second-order valence-electron chi connectivity index (χ2n) is 7.06. The molecule has 6 heteroatoms. The zero-order chi connectivity index (χ0) is 18.4. The highest BCUT2D eigenvalue weighted by molar-refractivity contribution is 5.83. The van der Waals surface area contributed by atoms with Gasteiger partial charge < -0.3 is 15.6 Å². The lowest BCUT2D eigenvalue weighted by molar-refractivity contribution is 0.163. The molecule has 2 heterocycles. The molecule has 1 aliphatic heterocycles. The number of rotatable bonds is 6. The molecule has 0 amide bonds. The quantitative estimate of drug-likeness (QED) is 0.549. The summed E-state index contributed by atoms with van der Waals surface area (Å²) in [4.78, 5) is 9.99. The Bertz CT molecular complexity index is 739. The fourth-order valence-electron chi connectivity index (χ4n) is 3.71. The predicted molar refractivity (Wildman–Crippen MR) is 106 cm³/mol. The maximum absolute atomic E-state index is 13.3. The van der Waals surface area contributed by atoms with E-state index in [2.05, 4.69) is 32.4 Å². The Morgan fingerprint density at radius 3 is 2.96 bits per heavy atom. The smallest absolute Gasteiger partial charge is 0.191 e. The Morgan fingerprint density at radius 2 is 2.15 bits per heavy atom. The van der Waals surface area contributed by atoms with Crippen LogP contribution in [0.15, 0.2) is 29.4 Å². The fourth-order valence-corrected chi connectivity index (χ4v) is 3.71. The molecule has 142 valence electrons. The number of guanidine groups is 1. The monoisotopic (exact) mass is 359 g/mol. The standard InChI is InChI=1S/C20H30FN5/c1-15-5-3-4-11-26(15)12-10-24-20(22-2)23-9-8-16-14-25-19-13-17(21)6-7-18(16)19/h6-7,13-15,25H,3-5,8-12H2,1-2H3,(H2,22,23,24). The van der Waals surface area contributed by atoms with E-state index in [9.17, 15) is 4.39 Å². The van der Waals surface area contributed by atoms with Crippen molar-refractivity contribution in [2.24, 2.45) is 4.99 Å². The van der Waals surface area contributed by atoms with Crippen molar-refractivity contribution in [3.63, 3.8) is 0 Å². The highest BCUT2D eigenvalue weighted by atomic mass is 19.1. The van der Waals surface area contributed by atoms with Crippen LogP contribution in [0.5, 0.6) is 0 Å². The molecule has 2 aromatic rings. The van der Waals surface area contributed by atoms with Crippen LogP contribution in [0.4, 0.5) is 4.39 Å². The topological polar surface area (TPSA) is 55.5 Å². The molecule has 26 heavy (non-hydrogen) atoms. The van der Waals surface area contributed by atoms with Crippen LogP contribution >= 0.6 is 0 Å². The summed E-state index contributed by atoms with van der Waals surface area (Å²) in [7, 11) is 1.80. The normalized spacial score (nSPS) is 19.0. The van der Waals surface area contributed by atoms with Gasteiger partial charge >= 0.3 is 0 Å². The number of hydrogen-bond donors (Lipinski definition) is 3. The number of piperidine rings is 1. The molecular formula is C20H30FN5. The van der Waals surface area contributed by atoms with Crippen LogP contribution in [0, 0.1) is 5.82 Å². The Kier molecular flexibility index (Phi) is 6.50. The molecule has 0 aliphatic carbocycles. The maximum atomic E-state index is 13.3. The first-order chi connectivity index (χ1) is 12.7. The van der Waals surface area contributed by atoms with E-state index in [4.69, 9.17) is 0 Å². The van der Waals surface area contributed by atoms with E-state index in [-0.39, 0.29) is 5.82 Å². The number of halogens is 1. The molecule has 3 rings (SSSR count). The van der Waals surface area contributed by atoms with Crippen molar-refractivity contribution in [1.82, 2.24) is 20.5 Å². The van der Waals surface area contributed by atoms with Crippen LogP contribution in [-0.4, -0.2) is 55.1 Å². The number of fused-ring (bicyclic) bond motifs is 1. The zero-order valence-corrected chi connectivity index (χ0v) is 15.8. The Labute approximate surface area is 155 Å². The Morgan fingerprint density at radius 1 is 1.31 bits per heavy atom. The summed E-state index contributed by atoms with van der Waals surface area (Å²) in [5.74, 6) is 0.622. The van der Waals surface area contributed by atoms with Crippen LogP contribution in [0.1, 0.15) is 31.7 Å². The van der Waals surface area contributed by atoms with Crippen LogP contribution in [0.3, 0.4) is 0 Å². The van der Waals surface area contributed by atoms with Crippen molar-refractivity contribution in [3.8, 4) is 0 Å². The molecule has 1 unspecified atom stereocenters. The van der Waals surface area contributed by atoms with Gasteiger partial charge in [0, 0.05) is 49.8 Å². The summed E-state index contributed by atoms with van der Waals surface area (Å²) in [6, 6.07) is 5.57. The first-order valence-corrected chi connectivity index (χ1v) is 9.61. The van der Waals surface area contributed by atoms with Gasteiger partial charge in [-0.15, -0.1) is 0 Å². The van der Waals surface area contributed by atoms with Gasteiger partial charge in [-0.1, -0.05) is 6.42 Å². The van der Waals surface area contributed by atoms with E-state index in [1.807, 2.05) is 12.3 Å². The number of H-pyrrole nitrogens is 1. The summed E-state index contributed by atoms with van der Waals surface area (Å²) in [6.45, 7) is 6.26. The summed E-state index contributed by atoms with van der Waals surface area (Å²) in [6.07, 6.45) is 6.79. The first-order valence-electron chi connectivity index (χ1n) is 9.61. The van der Waals surface area contributed by atoms with E-state index >= 15 is 0 Å². The highest BCUT2D eigenvalue weighted by Crippen LogP contribution is 2.19. The third kappa shape index (κ3) is 4.75. The maximum Gasteiger partial charge on any atom is 0.191 e. The van der Waals surface area contributed by atoms with E-state index < -0.39 is 0 Å². The number of benzene rings is 1. The molecule has 1 saturated heterocycles. The number of aromatic nitrogens is 1. The molecule has 5 nitrogen and oxygen atoms in total. The lowest BCUT2D eigenvalue weighted by atomic mass is 10.0. The van der Waals surface area contributed by atoms with E-state index in [0.717, 1.165) is 42.9 Å². The number of aromatic amines is 1. The number of aliphatic imine (C=N–C) groups is 1. The SMILES string of the molecule is CN=C(NCCc1c[nH]c2cc(F)ccc12)NCCN1CCCCC1C. The van der Waals surface area contributed by atoms with Crippen LogP contribution in [0.25, 0.3) is 10.9 Å². The zero-order valence-electron chi connectivity index (χ0n) is 15.8. The van der Waals surface area contributed by atoms with Crippen molar-refractivity contribution >= 4 is 16.9 Å². The second kappa shape index (κ2) is 9.03. The van der Waals surface area contributed by atoms with Gasteiger partial charge in [-0.25, -0.2) is 4.39 Å². The van der Waals surface area contributed by atoms with Crippen molar-refractivity contribution in [2.75, 3.05) is 33.2 Å². The van der Waals surface area contributed by atoms with E-state index in [0.29, 0.717) is 6.04 Å². The summed E-state index contributed by atoms with van der Waals surface area (Å²) in [5, 5.41) is 7.85. The average Bonchev–Trinajstić information content (AvgIpc) is 3.04. The lowest BCUT2D eigenvalue weighted by Gasteiger charge is -2.33. The third-order valence-electron chi connectivity index (χ3n) is 5.27. The number of hydrogen-bond acceptors (Lipinski definition) is 2. The van der Waals surface area contributed by atoms with Crippen molar-refractivity contribution < 1.29 is 4.39 Å². The number of likely N-dealkylation sites (tertiary alicyclic amines) is 1. The van der Waals surface area contributed by atoms with Gasteiger partial charge in [0.25, 0.3) is 0 Å². The largest absolute Gasteiger partial charge is 0.361 e. The number of nitrogens with zero attached hydrogens (tertiary/aromatic N) is 2. The minimum Gasteiger partial charge on any atom is -0.361 e. The lowest BCUT2D eigenvalue weighted by Crippen LogP contribution is -2.45. The molecule has 1 aliphatic rings. The Balaban J connectivity index is 1.42. The first kappa shape index (κ1) is 18.7. The van der Waals surface area contributed by atoms with Crippen LogP contribution in [-0.2, 0) is 6.42 Å². The summed E-state index contributed by atoms with van der Waals surface area (Å²) in [5.41, 5.74) is 2.03. The molecule has 0 saturated carbocycles. The third-order valence-corrected chi connectivity index (χ3v) is 5.27. The number of nitrogens with one attached hydrogen (secondary N) is 3. The highest BCUT2D eigenvalue weighted by Gasteiger charge is 2.17. The van der Waals surface area contributed by atoms with E-state index in [1.165, 1.54) is 43.5 Å². The minimum atomic E-state index is -0.211. The second-order valence-corrected chi connectivity index (χ2v) is 7.06. The molecule has 3 N–H and O–H groups in total. The summed E-state index contributed by atoms with van der Waals surface area (Å²) >= 11 is 0. The van der Waals surface area contributed by atoms with Gasteiger partial charge in [0.2, 0.25) is 0 Å². The molecule has 1 fully saturated rings. The molecule has 0 spiro atoms.